The van der Waals surface area contributed by atoms with E-state index < -0.39 is 0 Å². The van der Waals surface area contributed by atoms with Gasteiger partial charge < -0.3 is 14.8 Å². The smallest absolute Gasteiger partial charge is 0.261 e. The minimum Gasteiger partial charge on any atom is -0.497 e. The van der Waals surface area contributed by atoms with Crippen LogP contribution < -0.4 is 20.1 Å². The van der Waals surface area contributed by atoms with Crippen LogP contribution in [0.2, 0.25) is 0 Å². The summed E-state index contributed by atoms with van der Waals surface area (Å²) < 4.78 is 11.7. The fourth-order valence-electron chi connectivity index (χ4n) is 2.22. The number of anilines is 1. The molecule has 0 aliphatic heterocycles. The van der Waals surface area contributed by atoms with Gasteiger partial charge in [0.2, 0.25) is 0 Å². The van der Waals surface area contributed by atoms with Crippen molar-refractivity contribution in [2.75, 3.05) is 19.0 Å². The molecular formula is C20H23BrN2O3S. The highest BCUT2D eigenvalue weighted by molar-refractivity contribution is 9.10. The number of hydrogen-bond acceptors (Lipinski definition) is 4. The van der Waals surface area contributed by atoms with Gasteiger partial charge in [0.1, 0.15) is 11.5 Å². The number of thiocarbonyl (C=S) groups is 1. The van der Waals surface area contributed by atoms with Gasteiger partial charge in [-0.2, -0.15) is 0 Å². The Labute approximate surface area is 173 Å². The fourth-order valence-corrected chi connectivity index (χ4v) is 2.79. The molecule has 7 heteroatoms. The minimum atomic E-state index is -0.332. The molecule has 0 heterocycles. The predicted octanol–water partition coefficient (Wildman–Crippen LogP) is 5.01. The van der Waals surface area contributed by atoms with Crippen LogP contribution in [-0.2, 0) is 0 Å². The van der Waals surface area contributed by atoms with Crippen molar-refractivity contribution in [2.45, 2.75) is 20.3 Å². The zero-order valence-electron chi connectivity index (χ0n) is 15.5. The van der Waals surface area contributed by atoms with Crippen LogP contribution >= 0.6 is 28.1 Å². The number of carbonyl (C=O) groups is 1. The molecule has 1 amide bonds. The number of amides is 1. The molecule has 27 heavy (non-hydrogen) atoms. The first-order chi connectivity index (χ1) is 12.9. The first-order valence-electron chi connectivity index (χ1n) is 8.57. The molecule has 0 fully saturated rings. The van der Waals surface area contributed by atoms with E-state index >= 15 is 0 Å². The number of ether oxygens (including phenoxy) is 2. The second kappa shape index (κ2) is 10.3. The standard InChI is InChI=1S/C20H23BrN2O3S/c1-13(2)10-11-26-18-9-4-14(21)12-17(18)19(24)23-20(27)22-15-5-7-16(25-3)8-6-15/h4-9,12-13H,10-11H2,1-3H3,(H2,22,23,24,27). The molecule has 0 aliphatic carbocycles. The van der Waals surface area contributed by atoms with E-state index in [4.69, 9.17) is 21.7 Å². The van der Waals surface area contributed by atoms with Gasteiger partial charge in [-0.25, -0.2) is 0 Å². The molecule has 0 unspecified atom stereocenters. The molecule has 0 radical (unpaired) electrons. The van der Waals surface area contributed by atoms with Crippen molar-refractivity contribution < 1.29 is 14.3 Å². The molecule has 0 saturated heterocycles. The Hall–Kier alpha value is -2.12. The second-order valence-electron chi connectivity index (χ2n) is 6.31. The first kappa shape index (κ1) is 21.2. The largest absolute Gasteiger partial charge is 0.497 e. The molecule has 0 spiro atoms. The van der Waals surface area contributed by atoms with Crippen molar-refractivity contribution in [1.29, 1.82) is 0 Å². The van der Waals surface area contributed by atoms with Crippen LogP contribution in [0, 0.1) is 5.92 Å². The van der Waals surface area contributed by atoms with Gasteiger partial charge in [0.05, 0.1) is 19.3 Å². The van der Waals surface area contributed by atoms with Gasteiger partial charge in [0.15, 0.2) is 5.11 Å². The van der Waals surface area contributed by atoms with Crippen molar-refractivity contribution in [1.82, 2.24) is 5.32 Å². The van der Waals surface area contributed by atoms with E-state index in [2.05, 4.69) is 40.4 Å². The van der Waals surface area contributed by atoms with E-state index in [-0.39, 0.29) is 11.0 Å². The van der Waals surface area contributed by atoms with Crippen LogP contribution in [-0.4, -0.2) is 24.7 Å². The van der Waals surface area contributed by atoms with Gasteiger partial charge in [-0.15, -0.1) is 0 Å². The summed E-state index contributed by atoms with van der Waals surface area (Å²) >= 11 is 8.64. The van der Waals surface area contributed by atoms with Crippen LogP contribution in [0.3, 0.4) is 0 Å². The number of benzene rings is 2. The van der Waals surface area contributed by atoms with E-state index in [1.807, 2.05) is 30.3 Å². The van der Waals surface area contributed by atoms with Crippen molar-refractivity contribution in [3.05, 3.63) is 52.5 Å². The minimum absolute atomic E-state index is 0.207. The summed E-state index contributed by atoms with van der Waals surface area (Å²) in [7, 11) is 1.60. The Kier molecular flexibility index (Phi) is 8.06. The summed E-state index contributed by atoms with van der Waals surface area (Å²) in [6.45, 7) is 4.80. The van der Waals surface area contributed by atoms with Crippen LogP contribution in [0.25, 0.3) is 0 Å². The lowest BCUT2D eigenvalue weighted by Crippen LogP contribution is -2.34. The van der Waals surface area contributed by atoms with Crippen LogP contribution in [0.4, 0.5) is 5.69 Å². The number of halogens is 1. The monoisotopic (exact) mass is 450 g/mol. The molecule has 2 aromatic rings. The highest BCUT2D eigenvalue weighted by Crippen LogP contribution is 2.24. The van der Waals surface area contributed by atoms with Crippen LogP contribution in [0.1, 0.15) is 30.6 Å². The summed E-state index contributed by atoms with van der Waals surface area (Å²) in [5.41, 5.74) is 1.18. The third kappa shape index (κ3) is 6.84. The molecule has 0 aromatic heterocycles. The Bertz CT molecular complexity index is 794. The van der Waals surface area contributed by atoms with E-state index in [0.717, 1.165) is 22.3 Å². The van der Waals surface area contributed by atoms with E-state index in [1.165, 1.54) is 0 Å². The molecule has 0 aliphatic rings. The predicted molar refractivity (Wildman–Crippen MR) is 116 cm³/mol. The Balaban J connectivity index is 2.02. The zero-order valence-corrected chi connectivity index (χ0v) is 17.9. The maximum Gasteiger partial charge on any atom is 0.261 e. The third-order valence-corrected chi connectivity index (χ3v) is 4.41. The second-order valence-corrected chi connectivity index (χ2v) is 7.63. The number of rotatable bonds is 7. The lowest BCUT2D eigenvalue weighted by Gasteiger charge is -2.14. The Morgan fingerprint density at radius 3 is 2.52 bits per heavy atom. The normalized spacial score (nSPS) is 10.4. The SMILES string of the molecule is COc1ccc(NC(=S)NC(=O)c2cc(Br)ccc2OCCC(C)C)cc1. The molecule has 2 N–H and O–H groups in total. The number of hydrogen-bond donors (Lipinski definition) is 2. The highest BCUT2D eigenvalue weighted by Gasteiger charge is 2.15. The average Bonchev–Trinajstić information content (AvgIpc) is 2.63. The summed E-state index contributed by atoms with van der Waals surface area (Å²) in [6, 6.07) is 12.6. The van der Waals surface area contributed by atoms with E-state index in [0.29, 0.717) is 23.8 Å². The molecule has 144 valence electrons. The van der Waals surface area contributed by atoms with Gasteiger partial charge in [-0.05, 0) is 67.0 Å². The molecule has 0 bridgehead atoms. The Morgan fingerprint density at radius 1 is 1.19 bits per heavy atom. The zero-order chi connectivity index (χ0) is 19.8. The molecule has 2 rings (SSSR count). The summed E-state index contributed by atoms with van der Waals surface area (Å²) in [5, 5.41) is 5.87. The average molecular weight is 451 g/mol. The van der Waals surface area contributed by atoms with Gasteiger partial charge in [0, 0.05) is 10.2 Å². The summed E-state index contributed by atoms with van der Waals surface area (Å²) in [4.78, 5) is 12.7. The topological polar surface area (TPSA) is 59.6 Å². The molecule has 5 nitrogen and oxygen atoms in total. The van der Waals surface area contributed by atoms with E-state index in [1.54, 1.807) is 19.2 Å². The highest BCUT2D eigenvalue weighted by atomic mass is 79.9. The maximum atomic E-state index is 12.7. The Morgan fingerprint density at radius 2 is 1.89 bits per heavy atom. The van der Waals surface area contributed by atoms with Crippen LogP contribution in [0.5, 0.6) is 11.5 Å². The number of methoxy groups -OCH3 is 1. The lowest BCUT2D eigenvalue weighted by atomic mass is 10.1. The lowest BCUT2D eigenvalue weighted by molar-refractivity contribution is 0.0973. The first-order valence-corrected chi connectivity index (χ1v) is 9.78. The third-order valence-electron chi connectivity index (χ3n) is 3.71. The van der Waals surface area contributed by atoms with Crippen molar-refractivity contribution in [3.63, 3.8) is 0 Å². The van der Waals surface area contributed by atoms with Crippen molar-refractivity contribution in [3.8, 4) is 11.5 Å². The maximum absolute atomic E-state index is 12.7. The van der Waals surface area contributed by atoms with Crippen molar-refractivity contribution >= 4 is 44.9 Å². The quantitative estimate of drug-likeness (QED) is 0.580. The van der Waals surface area contributed by atoms with Gasteiger partial charge in [-0.3, -0.25) is 10.1 Å². The van der Waals surface area contributed by atoms with Crippen molar-refractivity contribution in [2.24, 2.45) is 5.92 Å². The number of nitrogens with one attached hydrogen (secondary N) is 2. The van der Waals surface area contributed by atoms with Gasteiger partial charge in [-0.1, -0.05) is 29.8 Å². The summed E-state index contributed by atoms with van der Waals surface area (Å²) in [5.74, 6) is 1.47. The molecular weight excluding hydrogens is 428 g/mol. The van der Waals surface area contributed by atoms with Gasteiger partial charge >= 0.3 is 0 Å². The number of carbonyl (C=O) groups excluding carboxylic acids is 1. The van der Waals surface area contributed by atoms with E-state index in [9.17, 15) is 4.79 Å². The summed E-state index contributed by atoms with van der Waals surface area (Å²) in [6.07, 6.45) is 0.911. The molecule has 2 aromatic carbocycles. The molecule has 0 saturated carbocycles. The fraction of sp³-hybridized carbons (Fsp3) is 0.300. The molecule has 0 atom stereocenters. The van der Waals surface area contributed by atoms with Gasteiger partial charge in [0.25, 0.3) is 5.91 Å². The van der Waals surface area contributed by atoms with Crippen LogP contribution in [0.15, 0.2) is 46.9 Å².